The summed E-state index contributed by atoms with van der Waals surface area (Å²) in [6, 6.07) is 11.7. The van der Waals surface area contributed by atoms with E-state index in [9.17, 15) is 13.9 Å². The quantitative estimate of drug-likeness (QED) is 0.586. The Kier molecular flexibility index (Phi) is 5.17. The molecular formula is C18H23N5O3S2. The summed E-state index contributed by atoms with van der Waals surface area (Å²) in [6.45, 7) is 3.84. The molecule has 1 aliphatic rings. The van der Waals surface area contributed by atoms with Gasteiger partial charge in [0.05, 0.1) is 16.3 Å². The van der Waals surface area contributed by atoms with Crippen molar-refractivity contribution in [3.05, 3.63) is 47.0 Å². The summed E-state index contributed by atoms with van der Waals surface area (Å²) in [5.41, 5.74) is 1.83. The number of aromatic nitrogens is 2. The van der Waals surface area contributed by atoms with Crippen LogP contribution in [-0.2, 0) is 0 Å². The third-order valence-electron chi connectivity index (χ3n) is 4.84. The first-order valence-electron chi connectivity index (χ1n) is 8.95. The molecule has 1 aromatic carbocycles. The molecule has 2 aromatic heterocycles. The van der Waals surface area contributed by atoms with Gasteiger partial charge in [0.1, 0.15) is 4.83 Å². The van der Waals surface area contributed by atoms with Crippen LogP contribution in [0.1, 0.15) is 15.4 Å². The molecule has 0 atom stereocenters. The number of benzene rings is 1. The van der Waals surface area contributed by atoms with Crippen molar-refractivity contribution in [2.24, 2.45) is 0 Å². The Morgan fingerprint density at radius 1 is 1.29 bits per heavy atom. The lowest BCUT2D eigenvalue weighted by molar-refractivity contribution is 0.0955. The number of carbonyl (C=O) groups is 1. The van der Waals surface area contributed by atoms with Crippen LogP contribution < -0.4 is 5.32 Å². The van der Waals surface area contributed by atoms with Gasteiger partial charge in [-0.1, -0.05) is 29.2 Å². The number of amides is 1. The molecule has 0 spiro atoms. The summed E-state index contributed by atoms with van der Waals surface area (Å²) < 4.78 is 25.2. The second-order valence-electron chi connectivity index (χ2n) is 6.69. The minimum atomic E-state index is -2.88. The molecular weight excluding hydrogens is 398 g/mol. The standard InChI is InChI=1S/C18H23N5O3S2/c1-13-15-12-16(27-18(15)23(20-13)14-6-4-3-5-7-14)17(24)19-8-9-22-11-10-21(2)28(22,25)26/h3-7,12,25-26H,8-11H2,1-2H3,(H,19,24). The monoisotopic (exact) mass is 421 g/mol. The van der Waals surface area contributed by atoms with Crippen molar-refractivity contribution in [3.63, 3.8) is 0 Å². The zero-order valence-electron chi connectivity index (χ0n) is 15.7. The topological polar surface area (TPSA) is 93.9 Å². The van der Waals surface area contributed by atoms with E-state index in [2.05, 4.69) is 10.4 Å². The summed E-state index contributed by atoms with van der Waals surface area (Å²) in [7, 11) is -1.19. The molecule has 1 fully saturated rings. The lowest BCUT2D eigenvalue weighted by Gasteiger charge is -2.40. The van der Waals surface area contributed by atoms with Crippen molar-refractivity contribution in [2.75, 3.05) is 33.2 Å². The molecule has 0 bridgehead atoms. The number of nitrogens with zero attached hydrogens (tertiary/aromatic N) is 4. The lowest BCUT2D eigenvalue weighted by Crippen LogP contribution is -2.35. The Hall–Kier alpha value is -1.95. The van der Waals surface area contributed by atoms with Crippen LogP contribution in [0.25, 0.3) is 15.9 Å². The normalized spacial score (nSPS) is 18.6. The molecule has 0 radical (unpaired) electrons. The van der Waals surface area contributed by atoms with Crippen LogP contribution in [0.15, 0.2) is 36.4 Å². The van der Waals surface area contributed by atoms with Crippen molar-refractivity contribution in [2.45, 2.75) is 6.92 Å². The molecule has 0 unspecified atom stereocenters. The maximum absolute atomic E-state index is 12.6. The molecule has 10 heteroatoms. The van der Waals surface area contributed by atoms with Gasteiger partial charge < -0.3 is 5.32 Å². The number of carbonyl (C=O) groups excluding carboxylic acids is 1. The Bertz CT molecular complexity index is 1000. The average molecular weight is 422 g/mol. The van der Waals surface area contributed by atoms with Gasteiger partial charge in [-0.3, -0.25) is 13.9 Å². The fourth-order valence-electron chi connectivity index (χ4n) is 3.21. The van der Waals surface area contributed by atoms with E-state index in [1.807, 2.05) is 48.0 Å². The maximum atomic E-state index is 12.6. The molecule has 1 aliphatic heterocycles. The van der Waals surface area contributed by atoms with Crippen molar-refractivity contribution in [3.8, 4) is 5.69 Å². The molecule has 1 saturated heterocycles. The van der Waals surface area contributed by atoms with Crippen LogP contribution in [0.2, 0.25) is 0 Å². The Morgan fingerprint density at radius 2 is 2.04 bits per heavy atom. The first kappa shape index (κ1) is 19.4. The predicted molar refractivity (Wildman–Crippen MR) is 113 cm³/mol. The highest BCUT2D eigenvalue weighted by atomic mass is 32.3. The number of thiophene rings is 1. The SMILES string of the molecule is Cc1nn(-c2ccccc2)c2sc(C(=O)NCCN3CCN(C)S3(O)O)cc12. The van der Waals surface area contributed by atoms with E-state index in [0.29, 0.717) is 31.1 Å². The second kappa shape index (κ2) is 7.47. The molecule has 150 valence electrons. The number of rotatable bonds is 5. The second-order valence-corrected chi connectivity index (χ2v) is 9.84. The van der Waals surface area contributed by atoms with E-state index in [0.717, 1.165) is 21.6 Å². The van der Waals surface area contributed by atoms with Crippen LogP contribution in [0.3, 0.4) is 0 Å². The minimum Gasteiger partial charge on any atom is -0.350 e. The summed E-state index contributed by atoms with van der Waals surface area (Å²) in [6.07, 6.45) is 0. The zero-order valence-corrected chi connectivity index (χ0v) is 17.3. The first-order valence-corrected chi connectivity index (χ1v) is 11.2. The van der Waals surface area contributed by atoms with Gasteiger partial charge in [0, 0.05) is 38.6 Å². The van der Waals surface area contributed by atoms with E-state index in [4.69, 9.17) is 0 Å². The molecule has 28 heavy (non-hydrogen) atoms. The molecule has 0 saturated carbocycles. The number of para-hydroxylation sites is 1. The minimum absolute atomic E-state index is 0.163. The zero-order chi connectivity index (χ0) is 19.9. The molecule has 3 aromatic rings. The molecule has 3 N–H and O–H groups in total. The fourth-order valence-corrected chi connectivity index (χ4v) is 5.70. The van der Waals surface area contributed by atoms with Gasteiger partial charge in [-0.2, -0.15) is 13.7 Å². The van der Waals surface area contributed by atoms with Gasteiger partial charge in [-0.05, 0) is 25.1 Å². The number of aryl methyl sites for hydroxylation is 1. The Labute approximate surface area is 169 Å². The van der Waals surface area contributed by atoms with Gasteiger partial charge in [-0.15, -0.1) is 11.3 Å². The van der Waals surface area contributed by atoms with E-state index >= 15 is 0 Å². The van der Waals surface area contributed by atoms with Crippen LogP contribution in [0, 0.1) is 6.92 Å². The van der Waals surface area contributed by atoms with Gasteiger partial charge in [0.15, 0.2) is 0 Å². The van der Waals surface area contributed by atoms with Gasteiger partial charge >= 0.3 is 0 Å². The van der Waals surface area contributed by atoms with Crippen molar-refractivity contribution in [1.82, 2.24) is 23.7 Å². The Balaban J connectivity index is 1.47. The molecule has 8 nitrogen and oxygen atoms in total. The first-order chi connectivity index (χ1) is 13.4. The smallest absolute Gasteiger partial charge is 0.261 e. The van der Waals surface area contributed by atoms with E-state index in [1.54, 1.807) is 15.7 Å². The molecule has 1 amide bonds. The van der Waals surface area contributed by atoms with Crippen LogP contribution in [0.4, 0.5) is 0 Å². The van der Waals surface area contributed by atoms with Gasteiger partial charge in [-0.25, -0.2) is 4.68 Å². The van der Waals surface area contributed by atoms with Gasteiger partial charge in [0.2, 0.25) is 0 Å². The van der Waals surface area contributed by atoms with E-state index in [-0.39, 0.29) is 5.91 Å². The highest BCUT2D eigenvalue weighted by Gasteiger charge is 2.33. The maximum Gasteiger partial charge on any atom is 0.261 e. The van der Waals surface area contributed by atoms with Gasteiger partial charge in [0.25, 0.3) is 5.91 Å². The summed E-state index contributed by atoms with van der Waals surface area (Å²) in [5, 5.41) is 8.44. The number of likely N-dealkylation sites (N-methyl/N-ethyl adjacent to an activating group) is 1. The predicted octanol–water partition coefficient (Wildman–Crippen LogP) is 2.95. The van der Waals surface area contributed by atoms with Crippen molar-refractivity contribution < 1.29 is 13.9 Å². The van der Waals surface area contributed by atoms with Crippen molar-refractivity contribution in [1.29, 1.82) is 0 Å². The van der Waals surface area contributed by atoms with Crippen LogP contribution >= 0.6 is 22.3 Å². The summed E-state index contributed by atoms with van der Waals surface area (Å²) in [4.78, 5) is 14.1. The lowest BCUT2D eigenvalue weighted by atomic mass is 10.3. The van der Waals surface area contributed by atoms with Crippen LogP contribution in [-0.4, -0.2) is 66.6 Å². The number of hydrogen-bond donors (Lipinski definition) is 3. The van der Waals surface area contributed by atoms with E-state index < -0.39 is 11.0 Å². The summed E-state index contributed by atoms with van der Waals surface area (Å²) >= 11 is 1.40. The average Bonchev–Trinajstić information content (AvgIpc) is 3.32. The molecule has 0 aliphatic carbocycles. The molecule has 3 heterocycles. The Morgan fingerprint density at radius 3 is 2.71 bits per heavy atom. The number of hydrogen-bond acceptors (Lipinski definition) is 7. The van der Waals surface area contributed by atoms with E-state index in [1.165, 1.54) is 11.3 Å². The number of fused-ring (bicyclic) bond motifs is 1. The highest BCUT2D eigenvalue weighted by molar-refractivity contribution is 8.20. The third kappa shape index (κ3) is 3.43. The largest absolute Gasteiger partial charge is 0.350 e. The van der Waals surface area contributed by atoms with Crippen molar-refractivity contribution >= 4 is 38.4 Å². The fraction of sp³-hybridized carbons (Fsp3) is 0.333. The highest BCUT2D eigenvalue weighted by Crippen LogP contribution is 2.49. The summed E-state index contributed by atoms with van der Waals surface area (Å²) in [5.74, 6) is -0.163. The third-order valence-corrected chi connectivity index (χ3v) is 8.03. The van der Waals surface area contributed by atoms with Crippen LogP contribution in [0.5, 0.6) is 0 Å². The molecule has 4 rings (SSSR count). The number of nitrogens with one attached hydrogen (secondary N) is 1.